The predicted molar refractivity (Wildman–Crippen MR) is 104 cm³/mol. The summed E-state index contributed by atoms with van der Waals surface area (Å²) in [5, 5.41) is 10.5. The first-order valence-corrected chi connectivity index (χ1v) is 10.5. The molecule has 2 aromatic rings. The second-order valence-corrected chi connectivity index (χ2v) is 8.62. The van der Waals surface area contributed by atoms with E-state index in [0.29, 0.717) is 6.54 Å². The first-order valence-electron chi connectivity index (χ1n) is 9.05. The molecule has 3 unspecified atom stereocenters. The van der Waals surface area contributed by atoms with E-state index < -0.39 is 28.3 Å². The van der Waals surface area contributed by atoms with Gasteiger partial charge in [-0.25, -0.2) is 13.1 Å². The van der Waals surface area contributed by atoms with E-state index in [1.165, 1.54) is 17.7 Å². The SMILES string of the molecule is CN(CCc1ccccc1)CC1OCC(NS(=O)(=O)c2ccccc2)C1O. The smallest absolute Gasteiger partial charge is 0.240 e. The molecule has 3 atom stereocenters. The second-order valence-electron chi connectivity index (χ2n) is 6.90. The van der Waals surface area contributed by atoms with Gasteiger partial charge >= 0.3 is 0 Å². The van der Waals surface area contributed by atoms with Gasteiger partial charge in [-0.05, 0) is 31.2 Å². The fraction of sp³-hybridized carbons (Fsp3) is 0.400. The van der Waals surface area contributed by atoms with Gasteiger partial charge in [0.2, 0.25) is 10.0 Å². The summed E-state index contributed by atoms with van der Waals surface area (Å²) >= 11 is 0. The number of ether oxygens (including phenoxy) is 1. The maximum absolute atomic E-state index is 12.4. The van der Waals surface area contributed by atoms with Gasteiger partial charge in [-0.2, -0.15) is 0 Å². The van der Waals surface area contributed by atoms with Gasteiger partial charge in [0.1, 0.15) is 0 Å². The second kappa shape index (κ2) is 8.95. The van der Waals surface area contributed by atoms with Crippen molar-refractivity contribution < 1.29 is 18.3 Å². The number of aliphatic hydroxyl groups is 1. The van der Waals surface area contributed by atoms with Crippen LogP contribution in [0.3, 0.4) is 0 Å². The van der Waals surface area contributed by atoms with Crippen LogP contribution in [0, 0.1) is 0 Å². The Labute approximate surface area is 160 Å². The third-order valence-corrected chi connectivity index (χ3v) is 6.27. The van der Waals surface area contributed by atoms with Gasteiger partial charge in [-0.15, -0.1) is 0 Å². The molecule has 6 nitrogen and oxygen atoms in total. The van der Waals surface area contributed by atoms with Gasteiger partial charge in [-0.1, -0.05) is 48.5 Å². The molecule has 1 fully saturated rings. The topological polar surface area (TPSA) is 78.9 Å². The van der Waals surface area contributed by atoms with Gasteiger partial charge in [0.25, 0.3) is 0 Å². The van der Waals surface area contributed by atoms with E-state index in [1.807, 2.05) is 25.2 Å². The van der Waals surface area contributed by atoms with E-state index in [4.69, 9.17) is 4.74 Å². The van der Waals surface area contributed by atoms with E-state index >= 15 is 0 Å². The monoisotopic (exact) mass is 390 g/mol. The first kappa shape index (κ1) is 20.0. The number of benzene rings is 2. The lowest BCUT2D eigenvalue weighted by molar-refractivity contribution is 0.0207. The van der Waals surface area contributed by atoms with Crippen LogP contribution < -0.4 is 4.72 Å². The largest absolute Gasteiger partial charge is 0.389 e. The lowest BCUT2D eigenvalue weighted by Crippen LogP contribution is -2.46. The lowest BCUT2D eigenvalue weighted by atomic mass is 10.1. The zero-order valence-corrected chi connectivity index (χ0v) is 16.2. The van der Waals surface area contributed by atoms with Crippen LogP contribution in [-0.2, 0) is 21.2 Å². The fourth-order valence-electron chi connectivity index (χ4n) is 3.18. The number of nitrogens with one attached hydrogen (secondary N) is 1. The highest BCUT2D eigenvalue weighted by atomic mass is 32.2. The van der Waals surface area contributed by atoms with Gasteiger partial charge in [0, 0.05) is 13.1 Å². The van der Waals surface area contributed by atoms with Crippen molar-refractivity contribution in [1.29, 1.82) is 0 Å². The molecule has 2 N–H and O–H groups in total. The van der Waals surface area contributed by atoms with Crippen molar-refractivity contribution >= 4 is 10.0 Å². The molecule has 1 aliphatic rings. The highest BCUT2D eigenvalue weighted by molar-refractivity contribution is 7.89. The summed E-state index contributed by atoms with van der Waals surface area (Å²) in [7, 11) is -1.71. The van der Waals surface area contributed by atoms with Crippen LogP contribution in [0.4, 0.5) is 0 Å². The predicted octanol–water partition coefficient (Wildman–Crippen LogP) is 1.27. The van der Waals surface area contributed by atoms with Crippen LogP contribution in [0.25, 0.3) is 0 Å². The van der Waals surface area contributed by atoms with Crippen molar-refractivity contribution in [3.63, 3.8) is 0 Å². The average molecular weight is 391 g/mol. The third kappa shape index (κ3) is 5.37. The number of rotatable bonds is 8. The molecule has 0 saturated carbocycles. The third-order valence-electron chi connectivity index (χ3n) is 4.76. The molecule has 27 heavy (non-hydrogen) atoms. The Balaban J connectivity index is 1.51. The number of hydrogen-bond acceptors (Lipinski definition) is 5. The van der Waals surface area contributed by atoms with Crippen molar-refractivity contribution in [2.45, 2.75) is 29.6 Å². The normalized spacial score (nSPS) is 23.0. The molecule has 0 amide bonds. The Kier molecular flexibility index (Phi) is 6.62. The Morgan fingerprint density at radius 2 is 1.74 bits per heavy atom. The summed E-state index contributed by atoms with van der Waals surface area (Å²) in [6.07, 6.45) is -0.401. The summed E-state index contributed by atoms with van der Waals surface area (Å²) in [4.78, 5) is 2.27. The molecule has 0 radical (unpaired) electrons. The molecular weight excluding hydrogens is 364 g/mol. The quantitative estimate of drug-likeness (QED) is 0.710. The van der Waals surface area contributed by atoms with E-state index in [1.54, 1.807) is 18.2 Å². The summed E-state index contributed by atoms with van der Waals surface area (Å²) in [6.45, 7) is 1.53. The van der Waals surface area contributed by atoms with Gasteiger partial charge in [0.05, 0.1) is 29.8 Å². The molecule has 1 aliphatic heterocycles. The molecule has 1 heterocycles. The van der Waals surface area contributed by atoms with Crippen LogP contribution in [-0.4, -0.2) is 63.4 Å². The van der Waals surface area contributed by atoms with Crippen LogP contribution >= 0.6 is 0 Å². The number of hydrogen-bond donors (Lipinski definition) is 2. The Bertz CT molecular complexity index is 814. The molecule has 3 rings (SSSR count). The first-order chi connectivity index (χ1) is 13.0. The highest BCUT2D eigenvalue weighted by Gasteiger charge is 2.38. The Hall–Kier alpha value is -1.77. The van der Waals surface area contributed by atoms with E-state index in [9.17, 15) is 13.5 Å². The zero-order valence-electron chi connectivity index (χ0n) is 15.4. The fourth-order valence-corrected chi connectivity index (χ4v) is 4.44. The van der Waals surface area contributed by atoms with Crippen molar-refractivity contribution in [3.05, 3.63) is 66.2 Å². The molecule has 0 aliphatic carbocycles. The van der Waals surface area contributed by atoms with E-state index in [2.05, 4.69) is 21.8 Å². The zero-order chi connectivity index (χ0) is 19.3. The van der Waals surface area contributed by atoms with Crippen LogP contribution in [0.2, 0.25) is 0 Å². The minimum Gasteiger partial charge on any atom is -0.389 e. The van der Waals surface area contributed by atoms with Gasteiger partial charge in [-0.3, -0.25) is 0 Å². The van der Waals surface area contributed by atoms with Gasteiger partial charge in [0.15, 0.2) is 0 Å². The van der Waals surface area contributed by atoms with Crippen LogP contribution in [0.5, 0.6) is 0 Å². The van der Waals surface area contributed by atoms with E-state index in [-0.39, 0.29) is 11.5 Å². The summed E-state index contributed by atoms with van der Waals surface area (Å²) < 4.78 is 33.1. The number of nitrogens with zero attached hydrogens (tertiary/aromatic N) is 1. The van der Waals surface area contributed by atoms with Crippen LogP contribution in [0.15, 0.2) is 65.6 Å². The number of likely N-dealkylation sites (N-methyl/N-ethyl adjacent to an activating group) is 1. The minimum atomic E-state index is -3.68. The van der Waals surface area contributed by atoms with E-state index in [0.717, 1.165) is 13.0 Å². The Morgan fingerprint density at radius 1 is 1.11 bits per heavy atom. The van der Waals surface area contributed by atoms with Gasteiger partial charge < -0.3 is 14.7 Å². The average Bonchev–Trinajstić information content (AvgIpc) is 3.01. The number of aliphatic hydroxyl groups excluding tert-OH is 1. The highest BCUT2D eigenvalue weighted by Crippen LogP contribution is 2.18. The standard InChI is InChI=1S/C20H26N2O4S/c1-22(13-12-16-8-4-2-5-9-16)14-19-20(23)18(15-26-19)21-27(24,25)17-10-6-3-7-11-17/h2-11,18-21,23H,12-15H2,1H3. The van der Waals surface area contributed by atoms with Crippen LogP contribution in [0.1, 0.15) is 5.56 Å². The van der Waals surface area contributed by atoms with Crippen molar-refractivity contribution in [1.82, 2.24) is 9.62 Å². The maximum Gasteiger partial charge on any atom is 0.240 e. The summed E-state index contributed by atoms with van der Waals surface area (Å²) in [5.41, 5.74) is 1.26. The number of sulfonamides is 1. The summed E-state index contributed by atoms with van der Waals surface area (Å²) in [5.74, 6) is 0. The molecule has 1 saturated heterocycles. The van der Waals surface area contributed by atoms with Crippen molar-refractivity contribution in [2.75, 3.05) is 26.7 Å². The maximum atomic E-state index is 12.4. The molecule has 0 bridgehead atoms. The molecule has 146 valence electrons. The molecule has 2 aromatic carbocycles. The molecule has 0 aromatic heterocycles. The van der Waals surface area contributed by atoms with Crippen molar-refractivity contribution in [2.24, 2.45) is 0 Å². The minimum absolute atomic E-state index is 0.157. The lowest BCUT2D eigenvalue weighted by Gasteiger charge is -2.23. The summed E-state index contributed by atoms with van der Waals surface area (Å²) in [6, 6.07) is 17.7. The van der Waals surface area contributed by atoms with Crippen molar-refractivity contribution in [3.8, 4) is 0 Å². The molecule has 7 heteroatoms. The molecule has 0 spiro atoms. The Morgan fingerprint density at radius 3 is 2.41 bits per heavy atom. The molecular formula is C20H26N2O4S.